The summed E-state index contributed by atoms with van der Waals surface area (Å²) < 4.78 is 34.7. The SMILES string of the molecule is O=S1(=O)CC[n+]2cccc(-c3ccc(OC4CCCCCC4)cc3)c2N1. The number of anilines is 1. The van der Waals surface area contributed by atoms with Gasteiger partial charge in [0.2, 0.25) is 0 Å². The lowest BCUT2D eigenvalue weighted by molar-refractivity contribution is -0.679. The van der Waals surface area contributed by atoms with Crippen LogP contribution in [0, 0.1) is 0 Å². The van der Waals surface area contributed by atoms with Crippen LogP contribution in [0.25, 0.3) is 11.1 Å². The molecule has 0 radical (unpaired) electrons. The van der Waals surface area contributed by atoms with Crippen LogP contribution in [-0.4, -0.2) is 20.3 Å². The fourth-order valence-electron chi connectivity index (χ4n) is 3.77. The number of pyridine rings is 1. The van der Waals surface area contributed by atoms with Crippen LogP contribution in [0.3, 0.4) is 0 Å². The molecule has 0 spiro atoms. The summed E-state index contributed by atoms with van der Waals surface area (Å²) in [6.45, 7) is 0.474. The molecule has 1 fully saturated rings. The highest BCUT2D eigenvalue weighted by molar-refractivity contribution is 7.92. The molecule has 2 aliphatic rings. The third-order valence-corrected chi connectivity index (χ3v) is 6.42. The van der Waals surface area contributed by atoms with Gasteiger partial charge in [-0.2, -0.15) is 13.1 Å². The molecule has 1 saturated carbocycles. The number of benzene rings is 1. The van der Waals surface area contributed by atoms with E-state index in [1.54, 1.807) is 0 Å². The summed E-state index contributed by atoms with van der Waals surface area (Å²) in [6, 6.07) is 11.9. The zero-order valence-electron chi connectivity index (χ0n) is 14.9. The van der Waals surface area contributed by atoms with Crippen molar-refractivity contribution in [1.29, 1.82) is 0 Å². The Morgan fingerprint density at radius 3 is 2.46 bits per heavy atom. The van der Waals surface area contributed by atoms with Crippen LogP contribution in [-0.2, 0) is 16.6 Å². The molecule has 1 N–H and O–H groups in total. The van der Waals surface area contributed by atoms with Crippen LogP contribution in [0.15, 0.2) is 42.6 Å². The van der Waals surface area contributed by atoms with E-state index in [0.717, 1.165) is 29.7 Å². The standard InChI is InChI=1S/C20H24N2O3S/c23-26(24)15-14-22-13-5-8-19(20(22)21-26)16-9-11-18(12-10-16)25-17-6-3-1-2-4-7-17/h5,8-13,17H,1-4,6-7,14-15H2/p+1. The summed E-state index contributed by atoms with van der Waals surface area (Å²) in [5.74, 6) is 1.64. The number of rotatable bonds is 3. The van der Waals surface area contributed by atoms with Gasteiger partial charge in [0.1, 0.15) is 18.0 Å². The van der Waals surface area contributed by atoms with E-state index < -0.39 is 10.0 Å². The Kier molecular flexibility index (Phi) is 4.85. The van der Waals surface area contributed by atoms with Crippen LogP contribution in [0.1, 0.15) is 38.5 Å². The van der Waals surface area contributed by atoms with Gasteiger partial charge in [-0.15, -0.1) is 0 Å². The molecule has 0 saturated heterocycles. The van der Waals surface area contributed by atoms with Crippen molar-refractivity contribution < 1.29 is 17.7 Å². The summed E-state index contributed by atoms with van der Waals surface area (Å²) in [7, 11) is -3.25. The molecule has 6 heteroatoms. The molecule has 2 aromatic rings. The summed E-state index contributed by atoms with van der Waals surface area (Å²) in [5, 5.41) is 0. The first kappa shape index (κ1) is 17.3. The molecular weight excluding hydrogens is 348 g/mol. The number of sulfonamides is 1. The summed E-state index contributed by atoms with van der Waals surface area (Å²) in [6.07, 6.45) is 9.60. The molecule has 1 aliphatic carbocycles. The van der Waals surface area contributed by atoms with Gasteiger partial charge < -0.3 is 4.74 Å². The first-order chi connectivity index (χ1) is 12.6. The summed E-state index contributed by atoms with van der Waals surface area (Å²) >= 11 is 0. The lowest BCUT2D eigenvalue weighted by atomic mass is 10.1. The predicted octanol–water partition coefficient (Wildman–Crippen LogP) is 3.50. The first-order valence-electron chi connectivity index (χ1n) is 9.41. The number of aromatic nitrogens is 1. The van der Waals surface area contributed by atoms with Gasteiger partial charge in [0.25, 0.3) is 5.82 Å². The van der Waals surface area contributed by atoms with Gasteiger partial charge in [-0.05, 0) is 55.5 Å². The van der Waals surface area contributed by atoms with Crippen molar-refractivity contribution >= 4 is 15.8 Å². The van der Waals surface area contributed by atoms with Gasteiger partial charge in [0.05, 0.1) is 17.9 Å². The third-order valence-electron chi connectivity index (χ3n) is 5.19. The molecule has 1 aliphatic heterocycles. The monoisotopic (exact) mass is 373 g/mol. The number of nitrogens with zero attached hydrogens (tertiary/aromatic N) is 1. The molecule has 4 rings (SSSR count). The van der Waals surface area contributed by atoms with Gasteiger partial charge in [-0.25, -0.2) is 4.57 Å². The van der Waals surface area contributed by atoms with Gasteiger partial charge in [0.15, 0.2) is 0 Å². The Morgan fingerprint density at radius 1 is 1.00 bits per heavy atom. The Morgan fingerprint density at radius 2 is 1.73 bits per heavy atom. The average Bonchev–Trinajstić information content (AvgIpc) is 2.90. The van der Waals surface area contributed by atoms with Crippen molar-refractivity contribution in [2.45, 2.75) is 51.2 Å². The Hall–Kier alpha value is -2.08. The normalized spacial score (nSPS) is 19.8. The van der Waals surface area contributed by atoms with Crippen LogP contribution in [0.4, 0.5) is 5.82 Å². The highest BCUT2D eigenvalue weighted by Gasteiger charge is 2.29. The van der Waals surface area contributed by atoms with E-state index in [4.69, 9.17) is 4.74 Å². The first-order valence-corrected chi connectivity index (χ1v) is 11.1. The zero-order chi connectivity index (χ0) is 18.0. The van der Waals surface area contributed by atoms with Gasteiger partial charge >= 0.3 is 10.0 Å². The zero-order valence-corrected chi connectivity index (χ0v) is 15.7. The maximum absolute atomic E-state index is 12.0. The van der Waals surface area contributed by atoms with Gasteiger partial charge in [0, 0.05) is 0 Å². The number of fused-ring (bicyclic) bond motifs is 1. The summed E-state index contributed by atoms with van der Waals surface area (Å²) in [5.41, 5.74) is 1.86. The number of ether oxygens (including phenoxy) is 1. The van der Waals surface area contributed by atoms with E-state index in [9.17, 15) is 8.42 Å². The van der Waals surface area contributed by atoms with Crippen LogP contribution in [0.5, 0.6) is 5.75 Å². The molecule has 0 amide bonds. The molecule has 0 bridgehead atoms. The third kappa shape index (κ3) is 3.85. The Bertz CT molecular complexity index is 870. The average molecular weight is 373 g/mol. The fraction of sp³-hybridized carbons (Fsp3) is 0.450. The molecule has 0 unspecified atom stereocenters. The van der Waals surface area contributed by atoms with Crippen molar-refractivity contribution in [2.24, 2.45) is 0 Å². The van der Waals surface area contributed by atoms with E-state index in [-0.39, 0.29) is 5.75 Å². The molecule has 0 atom stereocenters. The molecule has 2 heterocycles. The predicted molar refractivity (Wildman–Crippen MR) is 102 cm³/mol. The molecule has 5 nitrogen and oxygen atoms in total. The molecular formula is C20H25N2O3S+. The summed E-state index contributed by atoms with van der Waals surface area (Å²) in [4.78, 5) is 0. The van der Waals surface area contributed by atoms with Gasteiger partial charge in [-0.3, -0.25) is 0 Å². The molecule has 1 aromatic carbocycles. The number of hydrogen-bond donors (Lipinski definition) is 1. The Labute approximate surface area is 155 Å². The minimum atomic E-state index is -3.25. The second kappa shape index (κ2) is 7.27. The largest absolute Gasteiger partial charge is 0.490 e. The second-order valence-corrected chi connectivity index (χ2v) is 8.98. The van der Waals surface area contributed by atoms with Crippen LogP contribution >= 0.6 is 0 Å². The number of aryl methyl sites for hydroxylation is 1. The maximum atomic E-state index is 12.0. The van der Waals surface area contributed by atoms with Crippen molar-refractivity contribution in [3.05, 3.63) is 42.6 Å². The maximum Gasteiger partial charge on any atom is 0.302 e. The molecule has 26 heavy (non-hydrogen) atoms. The van der Waals surface area contributed by atoms with E-state index in [0.29, 0.717) is 18.5 Å². The van der Waals surface area contributed by atoms with E-state index in [1.165, 1.54) is 25.7 Å². The molecule has 138 valence electrons. The van der Waals surface area contributed by atoms with E-state index in [2.05, 4.69) is 4.72 Å². The van der Waals surface area contributed by atoms with Crippen molar-refractivity contribution in [3.8, 4) is 16.9 Å². The highest BCUT2D eigenvalue weighted by Crippen LogP contribution is 2.30. The van der Waals surface area contributed by atoms with E-state index in [1.807, 2.05) is 47.2 Å². The van der Waals surface area contributed by atoms with Crippen LogP contribution < -0.4 is 14.0 Å². The smallest absolute Gasteiger partial charge is 0.302 e. The van der Waals surface area contributed by atoms with Crippen molar-refractivity contribution in [3.63, 3.8) is 0 Å². The highest BCUT2D eigenvalue weighted by atomic mass is 32.2. The molecule has 1 aromatic heterocycles. The minimum absolute atomic E-state index is 0.113. The number of nitrogens with one attached hydrogen (secondary N) is 1. The van der Waals surface area contributed by atoms with Crippen molar-refractivity contribution in [1.82, 2.24) is 0 Å². The Balaban J connectivity index is 1.56. The quantitative estimate of drug-likeness (QED) is 0.662. The minimum Gasteiger partial charge on any atom is -0.490 e. The second-order valence-electron chi connectivity index (χ2n) is 7.14. The fourth-order valence-corrected chi connectivity index (χ4v) is 4.83. The van der Waals surface area contributed by atoms with Gasteiger partial charge in [-0.1, -0.05) is 25.0 Å². The topological polar surface area (TPSA) is 59.3 Å². The van der Waals surface area contributed by atoms with Crippen LogP contribution in [0.2, 0.25) is 0 Å². The lowest BCUT2D eigenvalue weighted by Gasteiger charge is -2.18. The lowest BCUT2D eigenvalue weighted by Crippen LogP contribution is -2.47. The van der Waals surface area contributed by atoms with Crippen molar-refractivity contribution in [2.75, 3.05) is 10.5 Å². The van der Waals surface area contributed by atoms with E-state index >= 15 is 0 Å². The number of hydrogen-bond acceptors (Lipinski definition) is 3.